The molecular weight excluding hydrogens is 240 g/mol. The average Bonchev–Trinajstić information content (AvgIpc) is 2.40. The highest BCUT2D eigenvalue weighted by atomic mass is 16.5. The molecule has 1 heterocycles. The van der Waals surface area contributed by atoms with Crippen molar-refractivity contribution in [3.63, 3.8) is 0 Å². The Hall–Kier alpha value is -0.160. The van der Waals surface area contributed by atoms with Crippen LogP contribution >= 0.6 is 0 Å². The lowest BCUT2D eigenvalue weighted by atomic mass is 10.0. The second-order valence-corrected chi connectivity index (χ2v) is 5.67. The number of hydrogen-bond donors (Lipinski definition) is 1. The van der Waals surface area contributed by atoms with Crippen molar-refractivity contribution in [2.24, 2.45) is 5.92 Å². The molecule has 1 rings (SSSR count). The fourth-order valence-electron chi connectivity index (χ4n) is 2.59. The summed E-state index contributed by atoms with van der Waals surface area (Å²) < 4.78 is 10.5. The van der Waals surface area contributed by atoms with Crippen molar-refractivity contribution in [2.45, 2.75) is 39.2 Å². The van der Waals surface area contributed by atoms with Crippen LogP contribution in [0.1, 0.15) is 33.1 Å². The first-order chi connectivity index (χ1) is 9.26. The molecule has 1 aliphatic heterocycles. The zero-order chi connectivity index (χ0) is 13.9. The predicted molar refractivity (Wildman–Crippen MR) is 79.6 cm³/mol. The quantitative estimate of drug-likeness (QED) is 0.683. The van der Waals surface area contributed by atoms with Gasteiger partial charge in [0.25, 0.3) is 0 Å². The molecule has 1 saturated heterocycles. The van der Waals surface area contributed by atoms with Gasteiger partial charge in [-0.15, -0.1) is 0 Å². The molecule has 2 atom stereocenters. The molecule has 0 saturated carbocycles. The van der Waals surface area contributed by atoms with Crippen molar-refractivity contribution in [3.8, 4) is 0 Å². The summed E-state index contributed by atoms with van der Waals surface area (Å²) in [5.74, 6) is 0.740. The van der Waals surface area contributed by atoms with E-state index in [2.05, 4.69) is 24.1 Å². The number of nitrogens with one attached hydrogen (secondary N) is 1. The highest BCUT2D eigenvalue weighted by Crippen LogP contribution is 2.09. The number of nitrogens with zero attached hydrogens (tertiary/aromatic N) is 1. The predicted octanol–water partition coefficient (Wildman–Crippen LogP) is 1.75. The van der Waals surface area contributed by atoms with Gasteiger partial charge in [0.05, 0.1) is 13.2 Å². The zero-order valence-electron chi connectivity index (χ0n) is 13.0. The Morgan fingerprint density at radius 1 is 1.26 bits per heavy atom. The average molecular weight is 272 g/mol. The molecule has 0 bridgehead atoms. The van der Waals surface area contributed by atoms with E-state index < -0.39 is 0 Å². The van der Waals surface area contributed by atoms with Crippen molar-refractivity contribution in [2.75, 3.05) is 53.1 Å². The molecule has 4 heteroatoms. The third-order valence-electron chi connectivity index (χ3n) is 3.81. The van der Waals surface area contributed by atoms with Gasteiger partial charge in [-0.2, -0.15) is 0 Å². The van der Waals surface area contributed by atoms with Gasteiger partial charge in [-0.25, -0.2) is 0 Å². The van der Waals surface area contributed by atoms with Crippen molar-refractivity contribution < 1.29 is 9.47 Å². The summed E-state index contributed by atoms with van der Waals surface area (Å²) in [7, 11) is 1.71. The van der Waals surface area contributed by atoms with Gasteiger partial charge < -0.3 is 19.7 Å². The molecule has 19 heavy (non-hydrogen) atoms. The number of ether oxygens (including phenoxy) is 2. The van der Waals surface area contributed by atoms with Crippen LogP contribution < -0.4 is 5.32 Å². The zero-order valence-corrected chi connectivity index (χ0v) is 13.0. The molecule has 0 spiro atoms. The molecular formula is C15H32N2O2. The summed E-state index contributed by atoms with van der Waals surface area (Å²) >= 11 is 0. The highest BCUT2D eigenvalue weighted by Gasteiger charge is 2.17. The van der Waals surface area contributed by atoms with Crippen LogP contribution in [0.3, 0.4) is 0 Å². The summed E-state index contributed by atoms with van der Waals surface area (Å²) in [6.07, 6.45) is 3.63. The Bertz CT molecular complexity index is 214. The van der Waals surface area contributed by atoms with Gasteiger partial charge in [0.15, 0.2) is 0 Å². The third-order valence-corrected chi connectivity index (χ3v) is 3.81. The van der Waals surface area contributed by atoms with E-state index >= 15 is 0 Å². The molecule has 4 nitrogen and oxygen atoms in total. The SMILES string of the molecule is CCC1CCN(CCCOCCOC)CC(C)CN1. The van der Waals surface area contributed by atoms with E-state index in [9.17, 15) is 0 Å². The minimum atomic E-state index is 0.697. The summed E-state index contributed by atoms with van der Waals surface area (Å²) in [6.45, 7) is 11.6. The standard InChI is InChI=1S/C15H32N2O2/c1-4-15-6-8-17(13-14(2)12-16-15)7-5-9-19-11-10-18-3/h14-16H,4-13H2,1-3H3. The minimum Gasteiger partial charge on any atom is -0.382 e. The minimum absolute atomic E-state index is 0.697. The Kier molecular flexibility index (Phi) is 9.43. The smallest absolute Gasteiger partial charge is 0.0700 e. The molecule has 0 aromatic rings. The topological polar surface area (TPSA) is 33.7 Å². The monoisotopic (exact) mass is 272 g/mol. The Morgan fingerprint density at radius 2 is 2.11 bits per heavy atom. The molecule has 1 N–H and O–H groups in total. The van der Waals surface area contributed by atoms with Crippen LogP contribution in [-0.2, 0) is 9.47 Å². The largest absolute Gasteiger partial charge is 0.382 e. The first-order valence-electron chi connectivity index (χ1n) is 7.78. The van der Waals surface area contributed by atoms with Crippen LogP contribution in [0, 0.1) is 5.92 Å². The number of methoxy groups -OCH3 is 1. The molecule has 1 fully saturated rings. The first-order valence-corrected chi connectivity index (χ1v) is 7.78. The van der Waals surface area contributed by atoms with Gasteiger partial charge in [0, 0.05) is 32.8 Å². The van der Waals surface area contributed by atoms with E-state index in [1.807, 2.05) is 0 Å². The Morgan fingerprint density at radius 3 is 2.84 bits per heavy atom. The van der Waals surface area contributed by atoms with Crippen molar-refractivity contribution in [1.29, 1.82) is 0 Å². The molecule has 1 aliphatic rings. The maximum absolute atomic E-state index is 5.53. The van der Waals surface area contributed by atoms with Gasteiger partial charge in [0.2, 0.25) is 0 Å². The molecule has 2 unspecified atom stereocenters. The van der Waals surface area contributed by atoms with Crippen LogP contribution in [0.5, 0.6) is 0 Å². The van der Waals surface area contributed by atoms with Crippen LogP contribution in [-0.4, -0.2) is 64.1 Å². The van der Waals surface area contributed by atoms with Gasteiger partial charge in [-0.1, -0.05) is 13.8 Å². The number of hydrogen-bond acceptors (Lipinski definition) is 4. The lowest BCUT2D eigenvalue weighted by molar-refractivity contribution is 0.0637. The Labute approximate surface area is 118 Å². The van der Waals surface area contributed by atoms with Crippen molar-refractivity contribution in [3.05, 3.63) is 0 Å². The van der Waals surface area contributed by atoms with Crippen molar-refractivity contribution >= 4 is 0 Å². The highest BCUT2D eigenvalue weighted by molar-refractivity contribution is 4.75. The normalized spacial score (nSPS) is 26.1. The van der Waals surface area contributed by atoms with Gasteiger partial charge in [0.1, 0.15) is 0 Å². The lowest BCUT2D eigenvalue weighted by Gasteiger charge is -2.32. The lowest BCUT2D eigenvalue weighted by Crippen LogP contribution is -2.43. The second-order valence-electron chi connectivity index (χ2n) is 5.67. The summed E-state index contributed by atoms with van der Waals surface area (Å²) in [4.78, 5) is 2.61. The summed E-state index contributed by atoms with van der Waals surface area (Å²) in [5.41, 5.74) is 0. The number of rotatable bonds is 8. The molecule has 0 amide bonds. The molecule has 0 aliphatic carbocycles. The maximum atomic E-state index is 5.53. The van der Waals surface area contributed by atoms with Crippen LogP contribution in [0.25, 0.3) is 0 Å². The van der Waals surface area contributed by atoms with E-state index in [0.717, 1.165) is 32.0 Å². The Balaban J connectivity index is 2.15. The summed E-state index contributed by atoms with van der Waals surface area (Å²) in [6, 6.07) is 0.697. The van der Waals surface area contributed by atoms with E-state index in [1.165, 1.54) is 25.9 Å². The van der Waals surface area contributed by atoms with Crippen molar-refractivity contribution in [1.82, 2.24) is 10.2 Å². The van der Waals surface area contributed by atoms with E-state index in [-0.39, 0.29) is 0 Å². The van der Waals surface area contributed by atoms with E-state index in [1.54, 1.807) is 7.11 Å². The van der Waals surface area contributed by atoms with Gasteiger partial charge in [-0.05, 0) is 38.3 Å². The third kappa shape index (κ3) is 7.88. The van der Waals surface area contributed by atoms with Crippen LogP contribution in [0.4, 0.5) is 0 Å². The molecule has 0 aromatic carbocycles. The fraction of sp³-hybridized carbons (Fsp3) is 1.00. The van der Waals surface area contributed by atoms with Crippen LogP contribution in [0.15, 0.2) is 0 Å². The van der Waals surface area contributed by atoms with Gasteiger partial charge in [-0.3, -0.25) is 0 Å². The molecule has 0 radical (unpaired) electrons. The second kappa shape index (κ2) is 10.6. The summed E-state index contributed by atoms with van der Waals surface area (Å²) in [5, 5.41) is 3.67. The maximum Gasteiger partial charge on any atom is 0.0700 e. The van der Waals surface area contributed by atoms with E-state index in [0.29, 0.717) is 19.3 Å². The van der Waals surface area contributed by atoms with Gasteiger partial charge >= 0.3 is 0 Å². The van der Waals surface area contributed by atoms with E-state index in [4.69, 9.17) is 9.47 Å². The van der Waals surface area contributed by atoms with Crippen LogP contribution in [0.2, 0.25) is 0 Å². The fourth-order valence-corrected chi connectivity index (χ4v) is 2.59. The molecule has 114 valence electrons. The first kappa shape index (κ1) is 16.9. The molecule has 0 aromatic heterocycles.